The molecule has 0 aliphatic carbocycles. The van der Waals surface area contributed by atoms with Crippen LogP contribution in [0.4, 0.5) is 0 Å². The number of fused-ring (bicyclic) bond motifs is 2. The minimum Gasteiger partial charge on any atom is -0.378 e. The van der Waals surface area contributed by atoms with Crippen LogP contribution in [0.3, 0.4) is 0 Å². The maximum absolute atomic E-state index is 6.01. The van der Waals surface area contributed by atoms with Crippen LogP contribution in [0.25, 0.3) is 0 Å². The molecule has 1 aromatic carbocycles. The lowest BCUT2D eigenvalue weighted by Crippen LogP contribution is -2.30. The summed E-state index contributed by atoms with van der Waals surface area (Å²) in [6.07, 6.45) is 4.11. The van der Waals surface area contributed by atoms with E-state index in [-0.39, 0.29) is 11.9 Å². The molecule has 3 aliphatic rings. The normalized spacial score (nSPS) is 31.0. The third-order valence-electron chi connectivity index (χ3n) is 4.90. The standard InChI is InChI=1S/C18H24O5/c1-2-7-21-17(3-1)22-10-14-4-5-15-11-20-13-23-18(16(15)9-14)6-8-19-12-18/h4-5,9,17H,1-3,6-8,10-13H2. The maximum Gasteiger partial charge on any atom is 0.158 e. The zero-order valence-corrected chi connectivity index (χ0v) is 13.4. The second-order valence-corrected chi connectivity index (χ2v) is 6.51. The van der Waals surface area contributed by atoms with Crippen molar-refractivity contribution in [3.05, 3.63) is 34.9 Å². The fourth-order valence-corrected chi connectivity index (χ4v) is 3.55. The molecule has 23 heavy (non-hydrogen) atoms. The SMILES string of the molecule is c1cc2c(cc1COC1CCCCO1)C1(CCOC1)OCOC2. The predicted octanol–water partition coefficient (Wildman–Crippen LogP) is 2.85. The molecule has 2 fully saturated rings. The van der Waals surface area contributed by atoms with E-state index in [0.717, 1.165) is 38.0 Å². The van der Waals surface area contributed by atoms with Crippen molar-refractivity contribution in [2.75, 3.05) is 26.6 Å². The van der Waals surface area contributed by atoms with Crippen molar-refractivity contribution in [3.63, 3.8) is 0 Å². The predicted molar refractivity (Wildman–Crippen MR) is 82.7 cm³/mol. The summed E-state index contributed by atoms with van der Waals surface area (Å²) in [6.45, 7) is 3.61. The topological polar surface area (TPSA) is 46.2 Å². The van der Waals surface area contributed by atoms with Crippen molar-refractivity contribution in [1.29, 1.82) is 0 Å². The molecule has 5 heteroatoms. The summed E-state index contributed by atoms with van der Waals surface area (Å²) in [7, 11) is 0. The Balaban J connectivity index is 1.52. The van der Waals surface area contributed by atoms with Gasteiger partial charge in [-0.1, -0.05) is 18.2 Å². The van der Waals surface area contributed by atoms with Gasteiger partial charge >= 0.3 is 0 Å². The smallest absolute Gasteiger partial charge is 0.158 e. The minimum absolute atomic E-state index is 0.0640. The number of hydrogen-bond donors (Lipinski definition) is 0. The summed E-state index contributed by atoms with van der Waals surface area (Å²) in [5.41, 5.74) is 3.17. The highest BCUT2D eigenvalue weighted by Crippen LogP contribution is 2.39. The second kappa shape index (κ2) is 6.87. The first-order valence-electron chi connectivity index (χ1n) is 8.51. The van der Waals surface area contributed by atoms with Gasteiger partial charge in [-0.25, -0.2) is 0 Å². The Morgan fingerprint density at radius 1 is 1.17 bits per heavy atom. The van der Waals surface area contributed by atoms with Gasteiger partial charge in [0.15, 0.2) is 6.29 Å². The van der Waals surface area contributed by atoms with Crippen LogP contribution in [0, 0.1) is 0 Å². The van der Waals surface area contributed by atoms with Gasteiger partial charge in [0.1, 0.15) is 12.4 Å². The summed E-state index contributed by atoms with van der Waals surface area (Å²) in [4.78, 5) is 0. The van der Waals surface area contributed by atoms with Gasteiger partial charge in [0, 0.05) is 19.6 Å². The number of benzene rings is 1. The van der Waals surface area contributed by atoms with Crippen molar-refractivity contribution in [1.82, 2.24) is 0 Å². The maximum atomic E-state index is 6.01. The Morgan fingerprint density at radius 3 is 3.00 bits per heavy atom. The molecule has 0 saturated carbocycles. The van der Waals surface area contributed by atoms with E-state index in [1.54, 1.807) is 0 Å². The molecule has 3 heterocycles. The van der Waals surface area contributed by atoms with Crippen LogP contribution in [-0.2, 0) is 42.5 Å². The molecule has 0 amide bonds. The number of ether oxygens (including phenoxy) is 5. The van der Waals surface area contributed by atoms with Crippen LogP contribution >= 0.6 is 0 Å². The summed E-state index contributed by atoms with van der Waals surface area (Å²) in [5, 5.41) is 0. The Bertz CT molecular complexity index is 532. The highest BCUT2D eigenvalue weighted by Gasteiger charge is 2.41. The summed E-state index contributed by atoms with van der Waals surface area (Å²) >= 11 is 0. The van der Waals surface area contributed by atoms with E-state index in [1.807, 2.05) is 0 Å². The average Bonchev–Trinajstić information content (AvgIpc) is 3.00. The fraction of sp³-hybridized carbons (Fsp3) is 0.667. The zero-order chi connectivity index (χ0) is 15.5. The van der Waals surface area contributed by atoms with Gasteiger partial charge in [-0.15, -0.1) is 0 Å². The summed E-state index contributed by atoms with van der Waals surface area (Å²) in [5.74, 6) is 0. The van der Waals surface area contributed by atoms with Gasteiger partial charge in [0.25, 0.3) is 0 Å². The van der Waals surface area contributed by atoms with Gasteiger partial charge in [-0.3, -0.25) is 0 Å². The van der Waals surface area contributed by atoms with E-state index in [9.17, 15) is 0 Å². The number of rotatable bonds is 3. The molecular formula is C18H24O5. The third kappa shape index (κ3) is 3.30. The molecule has 0 aromatic heterocycles. The largest absolute Gasteiger partial charge is 0.378 e. The number of hydrogen-bond acceptors (Lipinski definition) is 5. The van der Waals surface area contributed by atoms with Gasteiger partial charge in [0.2, 0.25) is 0 Å². The van der Waals surface area contributed by atoms with E-state index < -0.39 is 0 Å². The average molecular weight is 320 g/mol. The molecule has 3 aliphatic heterocycles. The first kappa shape index (κ1) is 15.5. The lowest BCUT2D eigenvalue weighted by molar-refractivity contribution is -0.169. The highest BCUT2D eigenvalue weighted by molar-refractivity contribution is 5.37. The second-order valence-electron chi connectivity index (χ2n) is 6.51. The van der Waals surface area contributed by atoms with Gasteiger partial charge < -0.3 is 23.7 Å². The van der Waals surface area contributed by atoms with Crippen LogP contribution in [0.15, 0.2) is 18.2 Å². The van der Waals surface area contributed by atoms with Crippen LogP contribution in [-0.4, -0.2) is 32.9 Å². The van der Waals surface area contributed by atoms with Gasteiger partial charge in [-0.2, -0.15) is 0 Å². The molecule has 0 bridgehead atoms. The molecule has 0 radical (unpaired) electrons. The highest BCUT2D eigenvalue weighted by atomic mass is 16.7. The van der Waals surface area contributed by atoms with E-state index in [2.05, 4.69) is 18.2 Å². The zero-order valence-electron chi connectivity index (χ0n) is 13.4. The third-order valence-corrected chi connectivity index (χ3v) is 4.90. The Labute approximate surface area is 136 Å². The molecule has 5 nitrogen and oxygen atoms in total. The molecule has 0 N–H and O–H groups in total. The lowest BCUT2D eigenvalue weighted by Gasteiger charge is -2.28. The van der Waals surface area contributed by atoms with E-state index in [4.69, 9.17) is 23.7 Å². The van der Waals surface area contributed by atoms with Gasteiger partial charge in [-0.05, 0) is 36.0 Å². The Hall–Kier alpha value is -0.980. The van der Waals surface area contributed by atoms with Gasteiger partial charge in [0.05, 0.1) is 19.8 Å². The van der Waals surface area contributed by atoms with Crippen LogP contribution in [0.1, 0.15) is 42.4 Å². The lowest BCUT2D eigenvalue weighted by atomic mass is 9.88. The van der Waals surface area contributed by atoms with Crippen molar-refractivity contribution in [3.8, 4) is 0 Å². The molecule has 1 aromatic rings. The van der Waals surface area contributed by atoms with E-state index >= 15 is 0 Å². The quantitative estimate of drug-likeness (QED) is 0.857. The van der Waals surface area contributed by atoms with Crippen molar-refractivity contribution >= 4 is 0 Å². The van der Waals surface area contributed by atoms with Crippen LogP contribution in [0.2, 0.25) is 0 Å². The molecule has 2 atom stereocenters. The molecule has 1 spiro atoms. The Morgan fingerprint density at radius 2 is 2.17 bits per heavy atom. The summed E-state index contributed by atoms with van der Waals surface area (Å²) < 4.78 is 28.8. The van der Waals surface area contributed by atoms with Crippen LogP contribution in [0.5, 0.6) is 0 Å². The van der Waals surface area contributed by atoms with Crippen LogP contribution < -0.4 is 0 Å². The molecule has 126 valence electrons. The molecule has 4 rings (SSSR count). The first-order valence-corrected chi connectivity index (χ1v) is 8.51. The van der Waals surface area contributed by atoms with E-state index in [1.165, 1.54) is 17.5 Å². The van der Waals surface area contributed by atoms with Crippen molar-refractivity contribution in [2.45, 2.75) is 50.8 Å². The van der Waals surface area contributed by atoms with Crippen molar-refractivity contribution < 1.29 is 23.7 Å². The minimum atomic E-state index is -0.358. The Kier molecular flexibility index (Phi) is 4.64. The molecule has 2 unspecified atom stereocenters. The molecule has 2 saturated heterocycles. The summed E-state index contributed by atoms with van der Waals surface area (Å²) in [6, 6.07) is 6.44. The van der Waals surface area contributed by atoms with Crippen molar-refractivity contribution in [2.24, 2.45) is 0 Å². The molecular weight excluding hydrogens is 296 g/mol. The first-order chi connectivity index (χ1) is 11.4. The fourth-order valence-electron chi connectivity index (χ4n) is 3.55. The monoisotopic (exact) mass is 320 g/mol. The van der Waals surface area contributed by atoms with E-state index in [0.29, 0.717) is 26.6 Å².